The lowest BCUT2D eigenvalue weighted by atomic mass is 9.89. The van der Waals surface area contributed by atoms with Crippen molar-refractivity contribution < 1.29 is 0 Å². The molecule has 4 aliphatic carbocycles. The van der Waals surface area contributed by atoms with Crippen LogP contribution >= 0.6 is 0 Å². The fourth-order valence-corrected chi connectivity index (χ4v) is 2.79. The van der Waals surface area contributed by atoms with Crippen LogP contribution in [0.1, 0.15) is 41.5 Å². The molecule has 2 aromatic rings. The molecule has 0 aliphatic heterocycles. The summed E-state index contributed by atoms with van der Waals surface area (Å²) in [6, 6.07) is 18.4. The molecule has 86 valence electrons. The molecule has 0 fully saturated rings. The van der Waals surface area contributed by atoms with Crippen molar-refractivity contribution in [3.05, 3.63) is 70.8 Å². The first-order valence-electron chi connectivity index (χ1n) is 6.54. The van der Waals surface area contributed by atoms with Gasteiger partial charge in [0.15, 0.2) is 0 Å². The number of hydrogen-bond donors (Lipinski definition) is 0. The number of benzene rings is 2. The van der Waals surface area contributed by atoms with Gasteiger partial charge in [0.05, 0.1) is 0 Å². The summed E-state index contributed by atoms with van der Waals surface area (Å²) < 4.78 is 0. The minimum atomic E-state index is 0.552. The van der Waals surface area contributed by atoms with Crippen molar-refractivity contribution >= 4 is 0 Å². The van der Waals surface area contributed by atoms with Crippen molar-refractivity contribution in [2.75, 3.05) is 0 Å². The van der Waals surface area contributed by atoms with Crippen molar-refractivity contribution in [3.63, 3.8) is 0 Å². The van der Waals surface area contributed by atoms with Crippen molar-refractivity contribution in [3.8, 4) is 0 Å². The fourth-order valence-electron chi connectivity index (χ4n) is 2.79. The number of rotatable bonds is 1. The van der Waals surface area contributed by atoms with E-state index in [0.717, 1.165) is 12.8 Å². The minimum absolute atomic E-state index is 0.552. The third kappa shape index (κ3) is 2.00. The van der Waals surface area contributed by atoms with Crippen molar-refractivity contribution in [2.45, 2.75) is 32.1 Å². The maximum atomic E-state index is 2.31. The molecule has 0 radical (unpaired) electrons. The first-order chi connectivity index (χ1) is 8.36. The summed E-state index contributed by atoms with van der Waals surface area (Å²) in [6.07, 6.45) is 3.46. The van der Waals surface area contributed by atoms with Gasteiger partial charge in [-0.15, -0.1) is 0 Å². The normalized spacial score (nSPS) is 14.9. The Balaban J connectivity index is 2.14. The third-order valence-electron chi connectivity index (χ3n) is 3.87. The Hall–Kier alpha value is -1.56. The quantitative estimate of drug-likeness (QED) is 0.674. The first kappa shape index (κ1) is 10.6. The third-order valence-corrected chi connectivity index (χ3v) is 3.87. The van der Waals surface area contributed by atoms with Crippen LogP contribution in [-0.2, 0) is 12.8 Å². The van der Waals surface area contributed by atoms with Gasteiger partial charge in [-0.3, -0.25) is 0 Å². The highest BCUT2D eigenvalue weighted by Gasteiger charge is 2.13. The second-order valence-electron chi connectivity index (χ2n) is 4.94. The summed E-state index contributed by atoms with van der Waals surface area (Å²) in [5, 5.41) is 0. The van der Waals surface area contributed by atoms with Gasteiger partial charge in [-0.25, -0.2) is 0 Å². The minimum Gasteiger partial charge on any atom is -0.0645 e. The van der Waals surface area contributed by atoms with Crippen LogP contribution in [0.15, 0.2) is 48.5 Å². The fraction of sp³-hybridized carbons (Fsp3) is 0.294. The molecule has 0 saturated heterocycles. The summed E-state index contributed by atoms with van der Waals surface area (Å²) in [4.78, 5) is 0. The van der Waals surface area contributed by atoms with Crippen LogP contribution in [0.2, 0.25) is 0 Å². The van der Waals surface area contributed by atoms with Gasteiger partial charge >= 0.3 is 0 Å². The Labute approximate surface area is 103 Å². The molecule has 4 bridgehead atoms. The molecule has 0 saturated carbocycles. The summed E-state index contributed by atoms with van der Waals surface area (Å²) in [6.45, 7) is 2.27. The highest BCUT2D eigenvalue weighted by Crippen LogP contribution is 2.29. The molecule has 2 aromatic carbocycles. The molecule has 4 aliphatic rings. The molecule has 17 heavy (non-hydrogen) atoms. The van der Waals surface area contributed by atoms with E-state index < -0.39 is 0 Å². The van der Waals surface area contributed by atoms with Crippen LogP contribution in [0.5, 0.6) is 0 Å². The molecule has 0 N–H and O–H groups in total. The molecule has 0 aromatic heterocycles. The lowest BCUT2D eigenvalue weighted by Crippen LogP contribution is -1.99. The van der Waals surface area contributed by atoms with E-state index in [0.29, 0.717) is 5.92 Å². The van der Waals surface area contributed by atoms with Gasteiger partial charge in [0.1, 0.15) is 0 Å². The van der Waals surface area contributed by atoms with Gasteiger partial charge in [0.2, 0.25) is 0 Å². The van der Waals surface area contributed by atoms with Crippen LogP contribution in [-0.4, -0.2) is 0 Å². The van der Waals surface area contributed by atoms with Gasteiger partial charge in [0, 0.05) is 5.92 Å². The van der Waals surface area contributed by atoms with Crippen molar-refractivity contribution in [1.29, 1.82) is 0 Å². The summed E-state index contributed by atoms with van der Waals surface area (Å²) in [7, 11) is 0. The van der Waals surface area contributed by atoms with E-state index in [-0.39, 0.29) is 0 Å². The van der Waals surface area contributed by atoms with Crippen molar-refractivity contribution in [1.82, 2.24) is 0 Å². The average Bonchev–Trinajstić information content (AvgIpc) is 2.47. The van der Waals surface area contributed by atoms with Crippen LogP contribution < -0.4 is 0 Å². The van der Waals surface area contributed by atoms with Crippen LogP contribution in [0.4, 0.5) is 0 Å². The second kappa shape index (κ2) is 4.37. The zero-order chi connectivity index (χ0) is 11.7. The lowest BCUT2D eigenvalue weighted by Gasteiger charge is -2.16. The zero-order valence-corrected chi connectivity index (χ0v) is 10.3. The van der Waals surface area contributed by atoms with Crippen LogP contribution in [0.3, 0.4) is 0 Å². The Kier molecular flexibility index (Phi) is 2.72. The second-order valence-corrected chi connectivity index (χ2v) is 4.94. The van der Waals surface area contributed by atoms with E-state index in [9.17, 15) is 0 Å². The predicted molar refractivity (Wildman–Crippen MR) is 72.4 cm³/mol. The first-order valence-corrected chi connectivity index (χ1v) is 6.54. The van der Waals surface area contributed by atoms with Gasteiger partial charge in [-0.1, -0.05) is 55.5 Å². The number of aryl methyl sites for hydroxylation is 2. The van der Waals surface area contributed by atoms with E-state index in [1.54, 1.807) is 0 Å². The topological polar surface area (TPSA) is 0 Å². The van der Waals surface area contributed by atoms with Gasteiger partial charge in [0.25, 0.3) is 0 Å². The van der Waals surface area contributed by atoms with E-state index in [1.807, 2.05) is 0 Å². The summed E-state index contributed by atoms with van der Waals surface area (Å²) >= 11 is 0. The van der Waals surface area contributed by atoms with Gasteiger partial charge in [-0.05, 0) is 41.5 Å². The highest BCUT2D eigenvalue weighted by atomic mass is 14.2. The molecule has 6 rings (SSSR count). The maximum absolute atomic E-state index is 2.31. The average molecular weight is 222 g/mol. The molecular formula is C17H18. The van der Waals surface area contributed by atoms with Crippen molar-refractivity contribution in [2.24, 2.45) is 0 Å². The monoisotopic (exact) mass is 222 g/mol. The molecule has 0 spiro atoms. The largest absolute Gasteiger partial charge is 0.0645 e. The Morgan fingerprint density at radius 2 is 1.18 bits per heavy atom. The smallest absolute Gasteiger partial charge is 0.00867 e. The lowest BCUT2D eigenvalue weighted by molar-refractivity contribution is 0.777. The van der Waals surface area contributed by atoms with Gasteiger partial charge in [-0.2, -0.15) is 0 Å². The zero-order valence-electron chi connectivity index (χ0n) is 10.3. The van der Waals surface area contributed by atoms with E-state index in [1.165, 1.54) is 28.7 Å². The van der Waals surface area contributed by atoms with E-state index in [4.69, 9.17) is 0 Å². The Morgan fingerprint density at radius 3 is 1.53 bits per heavy atom. The van der Waals surface area contributed by atoms with E-state index in [2.05, 4.69) is 55.5 Å². The number of hydrogen-bond acceptors (Lipinski definition) is 0. The maximum Gasteiger partial charge on any atom is 0.00867 e. The molecule has 0 unspecified atom stereocenters. The molecule has 0 heterocycles. The predicted octanol–water partition coefficient (Wildman–Crippen LogP) is 4.33. The van der Waals surface area contributed by atoms with Crippen LogP contribution in [0.25, 0.3) is 0 Å². The molecule has 0 nitrogen and oxygen atoms in total. The standard InChI is InChI=1S/C17H18/c1-2-17-15-9-5-13(6-10-15)3-4-14-7-11-16(17)12-8-14/h5-12,17H,2-4H2,1H3. The Morgan fingerprint density at radius 1 is 0.765 bits per heavy atom. The summed E-state index contributed by atoms with van der Waals surface area (Å²) in [5.41, 5.74) is 5.80. The Bertz CT molecular complexity index is 443. The molecular weight excluding hydrogens is 204 g/mol. The SMILES string of the molecule is CCC1c2ccc(cc2)CCc2ccc1cc2. The molecule has 0 amide bonds. The van der Waals surface area contributed by atoms with Crippen LogP contribution in [0, 0.1) is 0 Å². The van der Waals surface area contributed by atoms with E-state index >= 15 is 0 Å². The summed E-state index contributed by atoms with van der Waals surface area (Å²) in [5.74, 6) is 0.552. The highest BCUT2D eigenvalue weighted by molar-refractivity contribution is 5.37. The molecule has 0 heteroatoms. The molecule has 0 atom stereocenters. The van der Waals surface area contributed by atoms with Gasteiger partial charge < -0.3 is 0 Å².